The minimum Gasteiger partial charge on any atom is -0.384 e. The van der Waals surface area contributed by atoms with E-state index in [2.05, 4.69) is 28.7 Å². The SMILES string of the molecule is CCC(CC)c1cc(N)nc2c(-c3sc(N4CCOCC4)nc3Cl)c(C)nn12. The molecule has 0 amide bonds. The van der Waals surface area contributed by atoms with Crippen LogP contribution in [0.4, 0.5) is 10.9 Å². The number of nitrogen functional groups attached to an aromatic ring is 1. The standard InChI is InChI=1S/C19H25ClN6OS/c1-4-12(5-2)13-10-14(21)22-18-15(11(3)24-26(13)18)16-17(20)23-19(28-16)25-6-8-27-9-7-25/h10,12H,4-9H2,1-3H3,(H2,21,22). The van der Waals surface area contributed by atoms with Crippen molar-refractivity contribution in [2.45, 2.75) is 39.5 Å². The van der Waals surface area contributed by atoms with E-state index < -0.39 is 0 Å². The van der Waals surface area contributed by atoms with Gasteiger partial charge in [0.05, 0.1) is 35.0 Å². The first-order valence-corrected chi connectivity index (χ1v) is 10.9. The number of ether oxygens (including phenoxy) is 1. The molecular weight excluding hydrogens is 396 g/mol. The molecule has 0 unspecified atom stereocenters. The van der Waals surface area contributed by atoms with Crippen LogP contribution in [0.25, 0.3) is 16.1 Å². The maximum Gasteiger partial charge on any atom is 0.187 e. The lowest BCUT2D eigenvalue weighted by Gasteiger charge is -2.25. The van der Waals surface area contributed by atoms with Crippen molar-refractivity contribution in [3.63, 3.8) is 0 Å². The second-order valence-corrected chi connectivity index (χ2v) is 8.37. The van der Waals surface area contributed by atoms with Crippen molar-refractivity contribution in [1.29, 1.82) is 0 Å². The van der Waals surface area contributed by atoms with Gasteiger partial charge in [0.15, 0.2) is 10.8 Å². The van der Waals surface area contributed by atoms with Crippen molar-refractivity contribution in [2.75, 3.05) is 36.9 Å². The summed E-state index contributed by atoms with van der Waals surface area (Å²) in [6.45, 7) is 9.41. The van der Waals surface area contributed by atoms with Gasteiger partial charge in [-0.2, -0.15) is 5.10 Å². The lowest BCUT2D eigenvalue weighted by Crippen LogP contribution is -2.36. The molecule has 0 atom stereocenters. The number of nitrogens with two attached hydrogens (primary N) is 1. The lowest BCUT2D eigenvalue weighted by atomic mass is 9.99. The summed E-state index contributed by atoms with van der Waals surface area (Å²) in [7, 11) is 0. The summed E-state index contributed by atoms with van der Waals surface area (Å²) in [6.07, 6.45) is 2.04. The van der Waals surface area contributed by atoms with E-state index >= 15 is 0 Å². The van der Waals surface area contributed by atoms with Crippen LogP contribution in [0.5, 0.6) is 0 Å². The third kappa shape index (κ3) is 3.33. The molecule has 2 N–H and O–H groups in total. The summed E-state index contributed by atoms with van der Waals surface area (Å²) in [4.78, 5) is 12.3. The van der Waals surface area contributed by atoms with Gasteiger partial charge in [0, 0.05) is 25.1 Å². The second kappa shape index (κ2) is 7.85. The highest BCUT2D eigenvalue weighted by Gasteiger charge is 2.25. The number of hydrogen-bond donors (Lipinski definition) is 1. The third-order valence-corrected chi connectivity index (χ3v) is 6.82. The molecule has 4 heterocycles. The molecule has 9 heteroatoms. The van der Waals surface area contributed by atoms with Gasteiger partial charge in [-0.15, -0.1) is 0 Å². The number of aromatic nitrogens is 4. The summed E-state index contributed by atoms with van der Waals surface area (Å²) >= 11 is 8.15. The predicted molar refractivity (Wildman–Crippen MR) is 115 cm³/mol. The Morgan fingerprint density at radius 2 is 1.96 bits per heavy atom. The summed E-state index contributed by atoms with van der Waals surface area (Å²) in [6, 6.07) is 1.94. The highest BCUT2D eigenvalue weighted by molar-refractivity contribution is 7.19. The molecule has 0 aromatic carbocycles. The monoisotopic (exact) mass is 420 g/mol. The van der Waals surface area contributed by atoms with Gasteiger partial charge in [-0.25, -0.2) is 14.5 Å². The van der Waals surface area contributed by atoms with Crippen molar-refractivity contribution in [2.24, 2.45) is 0 Å². The Morgan fingerprint density at radius 1 is 1.25 bits per heavy atom. The largest absolute Gasteiger partial charge is 0.384 e. The van der Waals surface area contributed by atoms with Crippen LogP contribution in [0.2, 0.25) is 5.15 Å². The maximum atomic E-state index is 6.57. The minimum absolute atomic E-state index is 0.376. The molecule has 3 aromatic heterocycles. The van der Waals surface area contributed by atoms with Crippen LogP contribution >= 0.6 is 22.9 Å². The van der Waals surface area contributed by atoms with Crippen molar-refractivity contribution < 1.29 is 4.74 Å². The minimum atomic E-state index is 0.376. The van der Waals surface area contributed by atoms with Crippen molar-refractivity contribution in [1.82, 2.24) is 19.6 Å². The van der Waals surface area contributed by atoms with Crippen molar-refractivity contribution in [3.05, 3.63) is 22.6 Å². The van der Waals surface area contributed by atoms with E-state index in [1.165, 1.54) is 0 Å². The number of nitrogens with zero attached hydrogens (tertiary/aromatic N) is 5. The predicted octanol–water partition coefficient (Wildman–Crippen LogP) is 4.14. The number of fused-ring (bicyclic) bond motifs is 1. The second-order valence-electron chi connectivity index (χ2n) is 7.03. The van der Waals surface area contributed by atoms with Crippen LogP contribution in [0.1, 0.15) is 44.0 Å². The molecule has 0 radical (unpaired) electrons. The number of halogens is 1. The van der Waals surface area contributed by atoms with Gasteiger partial charge in [-0.1, -0.05) is 36.8 Å². The number of thiazole rings is 1. The van der Waals surface area contributed by atoms with E-state index in [1.54, 1.807) is 11.3 Å². The molecule has 28 heavy (non-hydrogen) atoms. The zero-order valence-corrected chi connectivity index (χ0v) is 18.0. The fourth-order valence-electron chi connectivity index (χ4n) is 3.76. The fraction of sp³-hybridized carbons (Fsp3) is 0.526. The molecule has 1 aliphatic rings. The molecule has 1 fully saturated rings. The zero-order valence-electron chi connectivity index (χ0n) is 16.4. The summed E-state index contributed by atoms with van der Waals surface area (Å²) < 4.78 is 7.38. The third-order valence-electron chi connectivity index (χ3n) is 5.30. The van der Waals surface area contributed by atoms with Gasteiger partial charge in [0.25, 0.3) is 0 Å². The number of morpholine rings is 1. The van der Waals surface area contributed by atoms with Gasteiger partial charge in [0.2, 0.25) is 0 Å². The zero-order chi connectivity index (χ0) is 19.8. The fourth-order valence-corrected chi connectivity index (χ4v) is 5.21. The van der Waals surface area contributed by atoms with Crippen molar-refractivity contribution >= 4 is 39.5 Å². The summed E-state index contributed by atoms with van der Waals surface area (Å²) in [5, 5.41) is 6.19. The lowest BCUT2D eigenvalue weighted by molar-refractivity contribution is 0.122. The average Bonchev–Trinajstić information content (AvgIpc) is 3.22. The normalized spacial score (nSPS) is 15.1. The quantitative estimate of drug-likeness (QED) is 0.668. The highest BCUT2D eigenvalue weighted by atomic mass is 35.5. The smallest absolute Gasteiger partial charge is 0.187 e. The first-order valence-electron chi connectivity index (χ1n) is 9.68. The Kier molecular flexibility index (Phi) is 5.44. The molecule has 1 aliphatic heterocycles. The first-order chi connectivity index (χ1) is 13.5. The summed E-state index contributed by atoms with van der Waals surface area (Å²) in [5.41, 5.74) is 9.81. The molecule has 0 spiro atoms. The number of anilines is 2. The van der Waals surface area contributed by atoms with Gasteiger partial charge in [-0.05, 0) is 19.8 Å². The Morgan fingerprint density at radius 3 is 2.64 bits per heavy atom. The Hall–Kier alpha value is -1.90. The molecule has 0 aliphatic carbocycles. The number of hydrogen-bond acceptors (Lipinski definition) is 7. The van der Waals surface area contributed by atoms with Gasteiger partial charge in [0.1, 0.15) is 11.0 Å². The molecule has 7 nitrogen and oxygen atoms in total. The highest BCUT2D eigenvalue weighted by Crippen LogP contribution is 2.41. The van der Waals surface area contributed by atoms with Gasteiger partial charge >= 0.3 is 0 Å². The van der Waals surface area contributed by atoms with Gasteiger partial charge in [-0.3, -0.25) is 0 Å². The Bertz CT molecular complexity index is 990. The van der Waals surface area contributed by atoms with E-state index in [1.807, 2.05) is 17.5 Å². The molecule has 4 rings (SSSR count). The van der Waals surface area contributed by atoms with Crippen LogP contribution in [0, 0.1) is 6.92 Å². The molecule has 0 saturated carbocycles. The van der Waals surface area contributed by atoms with Gasteiger partial charge < -0.3 is 15.4 Å². The van der Waals surface area contributed by atoms with Crippen LogP contribution in [-0.2, 0) is 4.74 Å². The Balaban J connectivity index is 1.85. The van der Waals surface area contributed by atoms with E-state index in [-0.39, 0.29) is 0 Å². The number of aryl methyl sites for hydroxylation is 1. The molecule has 150 valence electrons. The van der Waals surface area contributed by atoms with Crippen LogP contribution in [-0.4, -0.2) is 45.9 Å². The topological polar surface area (TPSA) is 81.6 Å². The average molecular weight is 421 g/mol. The maximum absolute atomic E-state index is 6.57. The van der Waals surface area contributed by atoms with E-state index in [0.717, 1.165) is 58.5 Å². The van der Waals surface area contributed by atoms with E-state index in [4.69, 9.17) is 27.2 Å². The molecule has 0 bridgehead atoms. The first kappa shape index (κ1) is 19.4. The van der Waals surface area contributed by atoms with E-state index in [0.29, 0.717) is 30.1 Å². The van der Waals surface area contributed by atoms with Crippen LogP contribution in [0.15, 0.2) is 6.07 Å². The molecule has 1 saturated heterocycles. The van der Waals surface area contributed by atoms with E-state index in [9.17, 15) is 0 Å². The molecule has 3 aromatic rings. The van der Waals surface area contributed by atoms with Crippen LogP contribution < -0.4 is 10.6 Å². The van der Waals surface area contributed by atoms with Crippen molar-refractivity contribution in [3.8, 4) is 10.4 Å². The number of rotatable bonds is 5. The summed E-state index contributed by atoms with van der Waals surface area (Å²) in [5.74, 6) is 0.880. The molecular formula is C19H25ClN6OS. The van der Waals surface area contributed by atoms with Crippen LogP contribution in [0.3, 0.4) is 0 Å². The Labute approximate surface area is 173 Å².